The summed E-state index contributed by atoms with van der Waals surface area (Å²) >= 11 is 0. The monoisotopic (exact) mass is 292 g/mol. The quantitative estimate of drug-likeness (QED) is 0.770. The van der Waals surface area contributed by atoms with Crippen molar-refractivity contribution >= 4 is 11.6 Å². The molecule has 0 saturated carbocycles. The summed E-state index contributed by atoms with van der Waals surface area (Å²) in [4.78, 5) is 8.78. The molecule has 1 aromatic heterocycles. The Morgan fingerprint density at radius 1 is 1.19 bits per heavy atom. The summed E-state index contributed by atoms with van der Waals surface area (Å²) in [6, 6.07) is 0. The van der Waals surface area contributed by atoms with Gasteiger partial charge in [0, 0.05) is 25.3 Å². The second-order valence-corrected chi connectivity index (χ2v) is 5.53. The van der Waals surface area contributed by atoms with E-state index in [0.717, 1.165) is 50.6 Å². The van der Waals surface area contributed by atoms with Gasteiger partial charge in [-0.2, -0.15) is 0 Å². The van der Waals surface area contributed by atoms with Gasteiger partial charge < -0.3 is 15.4 Å². The van der Waals surface area contributed by atoms with Crippen molar-refractivity contribution in [3.63, 3.8) is 0 Å². The van der Waals surface area contributed by atoms with Crippen LogP contribution in [0.25, 0.3) is 0 Å². The van der Waals surface area contributed by atoms with Gasteiger partial charge in [0.25, 0.3) is 0 Å². The molecule has 0 aliphatic carbocycles. The summed E-state index contributed by atoms with van der Waals surface area (Å²) in [5.41, 5.74) is 1.20. The molecule has 1 aromatic rings. The van der Waals surface area contributed by atoms with Crippen molar-refractivity contribution in [2.45, 2.75) is 58.5 Å². The van der Waals surface area contributed by atoms with Gasteiger partial charge in [-0.15, -0.1) is 0 Å². The first-order valence-corrected chi connectivity index (χ1v) is 8.28. The van der Waals surface area contributed by atoms with Crippen LogP contribution in [0, 0.1) is 0 Å². The molecule has 5 heteroatoms. The second-order valence-electron chi connectivity index (χ2n) is 5.53. The van der Waals surface area contributed by atoms with Crippen LogP contribution < -0.4 is 10.6 Å². The van der Waals surface area contributed by atoms with Gasteiger partial charge in [0.1, 0.15) is 18.0 Å². The molecule has 5 nitrogen and oxygen atoms in total. The van der Waals surface area contributed by atoms with Crippen molar-refractivity contribution in [3.8, 4) is 0 Å². The van der Waals surface area contributed by atoms with E-state index in [1.165, 1.54) is 24.8 Å². The van der Waals surface area contributed by atoms with E-state index in [0.29, 0.717) is 6.10 Å². The van der Waals surface area contributed by atoms with Gasteiger partial charge in [-0.3, -0.25) is 0 Å². The Balaban J connectivity index is 1.92. The lowest BCUT2D eigenvalue weighted by atomic mass is 10.1. The lowest BCUT2D eigenvalue weighted by Gasteiger charge is -2.23. The molecule has 1 aliphatic rings. The van der Waals surface area contributed by atoms with Crippen LogP contribution in [0.1, 0.15) is 51.5 Å². The minimum absolute atomic E-state index is 0.413. The molecule has 2 rings (SSSR count). The predicted octanol–water partition coefficient (Wildman–Crippen LogP) is 3.23. The van der Waals surface area contributed by atoms with Crippen LogP contribution >= 0.6 is 0 Å². The Hall–Kier alpha value is -1.36. The first-order chi connectivity index (χ1) is 10.3. The summed E-state index contributed by atoms with van der Waals surface area (Å²) in [5, 5.41) is 6.80. The van der Waals surface area contributed by atoms with Crippen LogP contribution in [0.4, 0.5) is 11.6 Å². The van der Waals surface area contributed by atoms with Gasteiger partial charge in [-0.25, -0.2) is 9.97 Å². The van der Waals surface area contributed by atoms with Gasteiger partial charge in [0.05, 0.1) is 6.10 Å². The third-order valence-corrected chi connectivity index (χ3v) is 3.82. The highest BCUT2D eigenvalue weighted by molar-refractivity contribution is 5.57. The van der Waals surface area contributed by atoms with Crippen LogP contribution in [-0.4, -0.2) is 35.8 Å². The standard InChI is InChI=1S/C16H28N4O/c1-3-7-14-15(17-4-2)19-12-20-16(14)18-10-9-13-8-5-6-11-21-13/h12-13H,3-11H2,1-2H3,(H2,17,18,19,20). The molecule has 2 heterocycles. The van der Waals surface area contributed by atoms with Gasteiger partial charge in [-0.1, -0.05) is 13.3 Å². The summed E-state index contributed by atoms with van der Waals surface area (Å²) in [5.74, 6) is 1.93. The van der Waals surface area contributed by atoms with E-state index in [9.17, 15) is 0 Å². The summed E-state index contributed by atoms with van der Waals surface area (Å²) in [7, 11) is 0. The molecule has 118 valence electrons. The molecule has 21 heavy (non-hydrogen) atoms. The molecular formula is C16H28N4O. The Kier molecular flexibility index (Phi) is 6.73. The first kappa shape index (κ1) is 16.0. The van der Waals surface area contributed by atoms with Gasteiger partial charge in [0.2, 0.25) is 0 Å². The fourth-order valence-electron chi connectivity index (χ4n) is 2.76. The maximum atomic E-state index is 5.77. The molecular weight excluding hydrogens is 264 g/mol. The van der Waals surface area contributed by atoms with Crippen molar-refractivity contribution in [1.29, 1.82) is 0 Å². The number of aromatic nitrogens is 2. The molecule has 0 amide bonds. The summed E-state index contributed by atoms with van der Waals surface area (Å²) in [6.07, 6.45) is 8.87. The van der Waals surface area contributed by atoms with E-state index in [2.05, 4.69) is 34.4 Å². The number of nitrogens with zero attached hydrogens (tertiary/aromatic N) is 2. The number of nitrogens with one attached hydrogen (secondary N) is 2. The topological polar surface area (TPSA) is 59.1 Å². The van der Waals surface area contributed by atoms with E-state index in [1.807, 2.05) is 0 Å². The van der Waals surface area contributed by atoms with Crippen LogP contribution in [0.15, 0.2) is 6.33 Å². The molecule has 0 aromatic carbocycles. The number of ether oxygens (including phenoxy) is 1. The lowest BCUT2D eigenvalue weighted by molar-refractivity contribution is 0.0134. The molecule has 1 fully saturated rings. The third kappa shape index (κ3) is 4.84. The lowest BCUT2D eigenvalue weighted by Crippen LogP contribution is -2.22. The highest BCUT2D eigenvalue weighted by atomic mass is 16.5. The number of rotatable bonds is 8. The van der Waals surface area contributed by atoms with Crippen molar-refractivity contribution < 1.29 is 4.74 Å². The Bertz CT molecular complexity index is 419. The zero-order valence-corrected chi connectivity index (χ0v) is 13.3. The van der Waals surface area contributed by atoms with Crippen LogP contribution in [0.5, 0.6) is 0 Å². The number of anilines is 2. The molecule has 0 spiro atoms. The SMILES string of the molecule is CCCc1c(NCC)ncnc1NCCC1CCCCO1. The molecule has 1 aliphatic heterocycles. The largest absolute Gasteiger partial charge is 0.378 e. The molecule has 1 atom stereocenters. The average molecular weight is 292 g/mol. The fraction of sp³-hybridized carbons (Fsp3) is 0.750. The van der Waals surface area contributed by atoms with E-state index in [-0.39, 0.29) is 0 Å². The van der Waals surface area contributed by atoms with E-state index < -0.39 is 0 Å². The number of hydrogen-bond donors (Lipinski definition) is 2. The minimum atomic E-state index is 0.413. The van der Waals surface area contributed by atoms with Gasteiger partial charge in [0.15, 0.2) is 0 Å². The Morgan fingerprint density at radius 2 is 2.00 bits per heavy atom. The molecule has 1 saturated heterocycles. The van der Waals surface area contributed by atoms with E-state index in [1.54, 1.807) is 6.33 Å². The summed E-state index contributed by atoms with van der Waals surface area (Å²) in [6.45, 7) is 6.98. The van der Waals surface area contributed by atoms with Gasteiger partial charge >= 0.3 is 0 Å². The molecule has 0 radical (unpaired) electrons. The smallest absolute Gasteiger partial charge is 0.134 e. The van der Waals surface area contributed by atoms with Crippen LogP contribution in [0.2, 0.25) is 0 Å². The second kappa shape index (κ2) is 8.82. The van der Waals surface area contributed by atoms with Crippen molar-refractivity contribution in [2.75, 3.05) is 30.3 Å². The maximum absolute atomic E-state index is 5.77. The van der Waals surface area contributed by atoms with Crippen molar-refractivity contribution in [1.82, 2.24) is 9.97 Å². The summed E-state index contributed by atoms with van der Waals surface area (Å²) < 4.78 is 5.77. The van der Waals surface area contributed by atoms with E-state index >= 15 is 0 Å². The van der Waals surface area contributed by atoms with Gasteiger partial charge in [-0.05, 0) is 39.0 Å². The normalized spacial score (nSPS) is 18.5. The maximum Gasteiger partial charge on any atom is 0.134 e. The molecule has 1 unspecified atom stereocenters. The third-order valence-electron chi connectivity index (χ3n) is 3.82. The van der Waals surface area contributed by atoms with Crippen LogP contribution in [0.3, 0.4) is 0 Å². The number of hydrogen-bond acceptors (Lipinski definition) is 5. The zero-order chi connectivity index (χ0) is 14.9. The minimum Gasteiger partial charge on any atom is -0.378 e. The fourth-order valence-corrected chi connectivity index (χ4v) is 2.76. The molecule has 0 bridgehead atoms. The van der Waals surface area contributed by atoms with Crippen molar-refractivity contribution in [2.24, 2.45) is 0 Å². The highest BCUT2D eigenvalue weighted by Crippen LogP contribution is 2.22. The Morgan fingerprint density at radius 3 is 2.67 bits per heavy atom. The molecule has 2 N–H and O–H groups in total. The predicted molar refractivity (Wildman–Crippen MR) is 86.9 cm³/mol. The zero-order valence-electron chi connectivity index (χ0n) is 13.3. The first-order valence-electron chi connectivity index (χ1n) is 8.28. The van der Waals surface area contributed by atoms with E-state index in [4.69, 9.17) is 4.74 Å². The Labute approximate surface area is 127 Å². The van der Waals surface area contributed by atoms with Crippen molar-refractivity contribution in [3.05, 3.63) is 11.9 Å². The highest BCUT2D eigenvalue weighted by Gasteiger charge is 2.14. The van der Waals surface area contributed by atoms with Crippen LogP contribution in [-0.2, 0) is 11.2 Å². The average Bonchev–Trinajstić information content (AvgIpc) is 2.51.